The zero-order chi connectivity index (χ0) is 12.3. The third-order valence-electron chi connectivity index (χ3n) is 2.43. The molecular weight excluding hydrogens is 204 g/mol. The maximum Gasteiger partial charge on any atom is 0.224 e. The first-order chi connectivity index (χ1) is 7.47. The van der Waals surface area contributed by atoms with Gasteiger partial charge in [-0.15, -0.1) is 6.58 Å². The van der Waals surface area contributed by atoms with E-state index in [2.05, 4.69) is 6.58 Å². The van der Waals surface area contributed by atoms with Gasteiger partial charge in [0.2, 0.25) is 11.2 Å². The molecule has 1 aromatic rings. The zero-order valence-electron chi connectivity index (χ0n) is 9.53. The molecule has 0 aliphatic carbocycles. The summed E-state index contributed by atoms with van der Waals surface area (Å²) in [5.74, 6) is -0.789. The number of hydrogen-bond donors (Lipinski definition) is 2. The van der Waals surface area contributed by atoms with Crippen molar-refractivity contribution in [1.82, 2.24) is 0 Å². The molecule has 3 nitrogen and oxygen atoms in total. The van der Waals surface area contributed by atoms with Crippen molar-refractivity contribution in [3.05, 3.63) is 46.1 Å². The van der Waals surface area contributed by atoms with Crippen molar-refractivity contribution >= 4 is 0 Å². The highest BCUT2D eigenvalue weighted by Gasteiger charge is 2.10. The molecule has 16 heavy (non-hydrogen) atoms. The van der Waals surface area contributed by atoms with Crippen LogP contribution in [0.5, 0.6) is 11.5 Å². The van der Waals surface area contributed by atoms with Gasteiger partial charge in [0.25, 0.3) is 0 Å². The van der Waals surface area contributed by atoms with Crippen LogP contribution >= 0.6 is 0 Å². The molecule has 0 fully saturated rings. The molecule has 0 aliphatic rings. The molecule has 0 saturated carbocycles. The second-order valence-electron chi connectivity index (χ2n) is 4.02. The summed E-state index contributed by atoms with van der Waals surface area (Å²) in [6, 6.07) is 3.08. The van der Waals surface area contributed by atoms with E-state index in [0.29, 0.717) is 12.0 Å². The zero-order valence-corrected chi connectivity index (χ0v) is 9.53. The normalized spacial score (nSPS) is 10.4. The van der Waals surface area contributed by atoms with Crippen LogP contribution in [0.2, 0.25) is 0 Å². The lowest BCUT2D eigenvalue weighted by molar-refractivity contribution is 0.398. The van der Waals surface area contributed by atoms with Crippen LogP contribution in [-0.4, -0.2) is 10.2 Å². The van der Waals surface area contributed by atoms with Gasteiger partial charge < -0.3 is 10.2 Å². The van der Waals surface area contributed by atoms with E-state index in [-0.39, 0.29) is 11.7 Å². The van der Waals surface area contributed by atoms with Gasteiger partial charge in [-0.05, 0) is 24.0 Å². The summed E-state index contributed by atoms with van der Waals surface area (Å²) in [4.78, 5) is 11.5. The van der Waals surface area contributed by atoms with E-state index in [0.717, 1.165) is 5.56 Å². The highest BCUT2D eigenvalue weighted by atomic mass is 16.3. The minimum Gasteiger partial charge on any atom is -0.504 e. The van der Waals surface area contributed by atoms with Crippen molar-refractivity contribution in [1.29, 1.82) is 0 Å². The Morgan fingerprint density at radius 2 is 1.94 bits per heavy atom. The number of allylic oxidation sites excluding steroid dienone is 1. The average Bonchev–Trinajstić information content (AvgIpc) is 2.33. The van der Waals surface area contributed by atoms with E-state index in [1.807, 2.05) is 13.8 Å². The smallest absolute Gasteiger partial charge is 0.224 e. The molecule has 0 amide bonds. The number of aromatic hydroxyl groups is 2. The predicted octanol–water partition coefficient (Wildman–Crippen LogP) is 2.31. The standard InChI is InChI=1S/C13H16O3/c1-4-5-9-6-10(8(2)3)7-11(14)13(16)12(9)15/h4,6-8H,1,5H2,2-3H3,(H2,14,15,16). The van der Waals surface area contributed by atoms with E-state index in [1.165, 1.54) is 6.07 Å². The van der Waals surface area contributed by atoms with Crippen LogP contribution in [0.3, 0.4) is 0 Å². The van der Waals surface area contributed by atoms with Crippen LogP contribution in [0.1, 0.15) is 30.9 Å². The first kappa shape index (κ1) is 12.3. The highest BCUT2D eigenvalue weighted by molar-refractivity contribution is 5.46. The molecule has 0 aromatic heterocycles. The molecule has 2 N–H and O–H groups in total. The van der Waals surface area contributed by atoms with Crippen molar-refractivity contribution in [2.75, 3.05) is 0 Å². The molecule has 0 unspecified atom stereocenters. The topological polar surface area (TPSA) is 57.5 Å². The van der Waals surface area contributed by atoms with Crippen LogP contribution in [0.4, 0.5) is 0 Å². The summed E-state index contributed by atoms with van der Waals surface area (Å²) in [6.07, 6.45) is 2.02. The molecular formula is C13H16O3. The van der Waals surface area contributed by atoms with Gasteiger partial charge >= 0.3 is 0 Å². The van der Waals surface area contributed by atoms with Crippen molar-refractivity contribution < 1.29 is 10.2 Å². The van der Waals surface area contributed by atoms with Gasteiger partial charge in [-0.25, -0.2) is 0 Å². The Kier molecular flexibility index (Phi) is 3.72. The molecule has 0 atom stereocenters. The summed E-state index contributed by atoms with van der Waals surface area (Å²) < 4.78 is 0. The average molecular weight is 220 g/mol. The fourth-order valence-electron chi connectivity index (χ4n) is 1.44. The fourth-order valence-corrected chi connectivity index (χ4v) is 1.44. The number of rotatable bonds is 3. The molecule has 3 heteroatoms. The first-order valence-electron chi connectivity index (χ1n) is 5.17. The molecule has 0 radical (unpaired) electrons. The van der Waals surface area contributed by atoms with Gasteiger partial charge in [0.15, 0.2) is 5.75 Å². The lowest BCUT2D eigenvalue weighted by Crippen LogP contribution is -1.96. The minimum absolute atomic E-state index is 0.155. The minimum atomic E-state index is -0.594. The Morgan fingerprint density at radius 3 is 2.44 bits per heavy atom. The Bertz CT molecular complexity index is 462. The van der Waals surface area contributed by atoms with Crippen LogP contribution in [0, 0.1) is 0 Å². The van der Waals surface area contributed by atoms with Crippen LogP contribution < -0.4 is 5.43 Å². The fraction of sp³-hybridized carbons (Fsp3) is 0.308. The van der Waals surface area contributed by atoms with Gasteiger partial charge in [0, 0.05) is 5.56 Å². The van der Waals surface area contributed by atoms with Gasteiger partial charge in [-0.2, -0.15) is 0 Å². The van der Waals surface area contributed by atoms with Crippen LogP contribution in [0.25, 0.3) is 0 Å². The summed E-state index contributed by atoms with van der Waals surface area (Å²) >= 11 is 0. The molecule has 0 bridgehead atoms. The summed E-state index contributed by atoms with van der Waals surface area (Å²) in [5.41, 5.74) is 0.743. The summed E-state index contributed by atoms with van der Waals surface area (Å²) in [6.45, 7) is 7.46. The maximum atomic E-state index is 11.5. The molecule has 0 aliphatic heterocycles. The second kappa shape index (κ2) is 4.84. The lowest BCUT2D eigenvalue weighted by Gasteiger charge is -2.02. The quantitative estimate of drug-likeness (QED) is 0.768. The third kappa shape index (κ3) is 2.42. The van der Waals surface area contributed by atoms with E-state index in [1.54, 1.807) is 12.1 Å². The number of hydrogen-bond acceptors (Lipinski definition) is 3. The van der Waals surface area contributed by atoms with Gasteiger partial charge in [0.05, 0.1) is 0 Å². The van der Waals surface area contributed by atoms with Crippen LogP contribution in [-0.2, 0) is 6.42 Å². The SMILES string of the molecule is C=CCc1cc(C(C)C)cc(=O)c(O)c1O. The molecule has 0 spiro atoms. The van der Waals surface area contributed by atoms with Gasteiger partial charge in [-0.3, -0.25) is 4.79 Å². The largest absolute Gasteiger partial charge is 0.504 e. The van der Waals surface area contributed by atoms with Crippen molar-refractivity contribution in [2.24, 2.45) is 0 Å². The molecule has 1 aromatic carbocycles. The first-order valence-corrected chi connectivity index (χ1v) is 5.17. The molecule has 0 saturated heterocycles. The van der Waals surface area contributed by atoms with Gasteiger partial charge in [0.1, 0.15) is 0 Å². The Balaban J connectivity index is 3.57. The van der Waals surface area contributed by atoms with Crippen LogP contribution in [0.15, 0.2) is 29.6 Å². The summed E-state index contributed by atoms with van der Waals surface area (Å²) in [5, 5.41) is 19.2. The van der Waals surface area contributed by atoms with Crippen molar-refractivity contribution in [2.45, 2.75) is 26.2 Å². The van der Waals surface area contributed by atoms with Gasteiger partial charge in [-0.1, -0.05) is 26.0 Å². The lowest BCUT2D eigenvalue weighted by atomic mass is 10.0. The Morgan fingerprint density at radius 1 is 1.31 bits per heavy atom. The monoisotopic (exact) mass is 220 g/mol. The third-order valence-corrected chi connectivity index (χ3v) is 2.43. The summed E-state index contributed by atoms with van der Waals surface area (Å²) in [7, 11) is 0. The second-order valence-corrected chi connectivity index (χ2v) is 4.02. The highest BCUT2D eigenvalue weighted by Crippen LogP contribution is 2.27. The van der Waals surface area contributed by atoms with E-state index in [9.17, 15) is 15.0 Å². The van der Waals surface area contributed by atoms with Crippen molar-refractivity contribution in [3.8, 4) is 11.5 Å². The molecule has 0 heterocycles. The van der Waals surface area contributed by atoms with E-state index in [4.69, 9.17) is 0 Å². The van der Waals surface area contributed by atoms with E-state index < -0.39 is 11.2 Å². The van der Waals surface area contributed by atoms with E-state index >= 15 is 0 Å². The van der Waals surface area contributed by atoms with Crippen molar-refractivity contribution in [3.63, 3.8) is 0 Å². The predicted molar refractivity (Wildman–Crippen MR) is 64.0 cm³/mol. The Labute approximate surface area is 94.7 Å². The maximum absolute atomic E-state index is 11.5. The molecule has 86 valence electrons. The molecule has 1 rings (SSSR count). The Hall–Kier alpha value is -1.77.